The lowest BCUT2D eigenvalue weighted by Gasteiger charge is -2.10. The molecule has 0 saturated heterocycles. The van der Waals surface area contributed by atoms with Crippen molar-refractivity contribution in [3.05, 3.63) is 34.3 Å². The second-order valence-corrected chi connectivity index (χ2v) is 4.00. The molecular weight excluding hydrogens is 250 g/mol. The van der Waals surface area contributed by atoms with Crippen molar-refractivity contribution in [2.75, 3.05) is 13.7 Å². The summed E-state index contributed by atoms with van der Waals surface area (Å²) in [5, 5.41) is 0. The van der Waals surface area contributed by atoms with Crippen LogP contribution < -0.4 is 0 Å². The first-order chi connectivity index (χ1) is 9.01. The third kappa shape index (κ3) is 1.95. The zero-order valence-electron chi connectivity index (χ0n) is 10.8. The van der Waals surface area contributed by atoms with Crippen LogP contribution in [0.1, 0.15) is 43.8 Å². The molecule has 1 heterocycles. The number of rotatable bonds is 3. The van der Waals surface area contributed by atoms with Gasteiger partial charge in [0.25, 0.3) is 0 Å². The minimum atomic E-state index is -0.589. The van der Waals surface area contributed by atoms with Gasteiger partial charge in [0.15, 0.2) is 5.76 Å². The predicted molar refractivity (Wildman–Crippen MR) is 65.2 cm³/mol. The summed E-state index contributed by atoms with van der Waals surface area (Å²) in [6.45, 7) is 3.48. The normalized spacial score (nSPS) is 13.9. The Morgan fingerprint density at radius 1 is 1.37 bits per heavy atom. The molecule has 6 nitrogen and oxygen atoms in total. The summed E-state index contributed by atoms with van der Waals surface area (Å²) in [5.74, 6) is -1.43. The lowest BCUT2D eigenvalue weighted by Crippen LogP contribution is -2.17. The monoisotopic (exact) mass is 263 g/mol. The van der Waals surface area contributed by atoms with Gasteiger partial charge in [-0.15, -0.1) is 0 Å². The number of Topliss-reactive ketones (excluding diaryl/α,β-unsaturated/α-hetero) is 1. The van der Waals surface area contributed by atoms with Crippen LogP contribution in [0.15, 0.2) is 11.8 Å². The molecule has 19 heavy (non-hydrogen) atoms. The topological polar surface area (TPSA) is 85.5 Å². The van der Waals surface area contributed by atoms with Crippen LogP contribution in [0.3, 0.4) is 0 Å². The smallest absolute Gasteiger partial charge is 0.355 e. The van der Waals surface area contributed by atoms with Gasteiger partial charge < -0.3 is 14.5 Å². The number of ketones is 2. The van der Waals surface area contributed by atoms with Crippen molar-refractivity contribution >= 4 is 17.5 Å². The molecule has 100 valence electrons. The number of carbonyl (C=O) groups excluding carboxylic acids is 3. The van der Waals surface area contributed by atoms with Gasteiger partial charge in [-0.3, -0.25) is 9.59 Å². The SMILES string of the molecule is CCOC(=O)c1[nH]c2c(c1C)C(=O)C(OC)=CC2=O. The van der Waals surface area contributed by atoms with E-state index in [4.69, 9.17) is 9.47 Å². The van der Waals surface area contributed by atoms with E-state index in [1.54, 1.807) is 13.8 Å². The minimum Gasteiger partial charge on any atom is -0.492 e. The van der Waals surface area contributed by atoms with Crippen LogP contribution in [0.2, 0.25) is 0 Å². The fourth-order valence-corrected chi connectivity index (χ4v) is 2.00. The van der Waals surface area contributed by atoms with Gasteiger partial charge >= 0.3 is 5.97 Å². The Hall–Kier alpha value is -2.37. The molecule has 1 aromatic rings. The van der Waals surface area contributed by atoms with Gasteiger partial charge in [-0.05, 0) is 19.4 Å². The van der Waals surface area contributed by atoms with Crippen molar-refractivity contribution in [1.82, 2.24) is 4.98 Å². The largest absolute Gasteiger partial charge is 0.492 e. The first kappa shape index (κ1) is 13.1. The van der Waals surface area contributed by atoms with Gasteiger partial charge in [0.05, 0.1) is 25.0 Å². The molecule has 0 aliphatic heterocycles. The van der Waals surface area contributed by atoms with Crippen LogP contribution in [0.5, 0.6) is 0 Å². The van der Waals surface area contributed by atoms with Crippen molar-refractivity contribution in [2.45, 2.75) is 13.8 Å². The Morgan fingerprint density at radius 2 is 2.05 bits per heavy atom. The summed E-state index contributed by atoms with van der Waals surface area (Å²) < 4.78 is 9.73. The molecule has 0 amide bonds. The highest BCUT2D eigenvalue weighted by Crippen LogP contribution is 2.27. The Morgan fingerprint density at radius 3 is 2.63 bits per heavy atom. The molecule has 0 atom stereocenters. The highest BCUT2D eigenvalue weighted by molar-refractivity contribution is 6.24. The van der Waals surface area contributed by atoms with Gasteiger partial charge in [0.2, 0.25) is 11.6 Å². The highest BCUT2D eigenvalue weighted by Gasteiger charge is 2.33. The molecule has 1 N–H and O–H groups in total. The lowest BCUT2D eigenvalue weighted by atomic mass is 9.97. The fourth-order valence-electron chi connectivity index (χ4n) is 2.00. The van der Waals surface area contributed by atoms with Crippen LogP contribution in [0, 0.1) is 6.92 Å². The molecular formula is C13H13NO5. The molecule has 0 radical (unpaired) electrons. The van der Waals surface area contributed by atoms with Gasteiger partial charge in [-0.1, -0.05) is 0 Å². The van der Waals surface area contributed by atoms with Gasteiger partial charge in [0, 0.05) is 6.08 Å². The molecule has 1 aliphatic rings. The highest BCUT2D eigenvalue weighted by atomic mass is 16.5. The number of aromatic amines is 1. The third-order valence-electron chi connectivity index (χ3n) is 2.91. The van der Waals surface area contributed by atoms with E-state index < -0.39 is 17.5 Å². The number of nitrogens with one attached hydrogen (secondary N) is 1. The summed E-state index contributed by atoms with van der Waals surface area (Å²) in [5.41, 5.74) is 0.799. The predicted octanol–water partition coefficient (Wildman–Crippen LogP) is 1.41. The van der Waals surface area contributed by atoms with E-state index in [1.165, 1.54) is 7.11 Å². The zero-order valence-corrected chi connectivity index (χ0v) is 10.8. The van der Waals surface area contributed by atoms with Crippen molar-refractivity contribution in [1.29, 1.82) is 0 Å². The van der Waals surface area contributed by atoms with E-state index in [-0.39, 0.29) is 29.3 Å². The number of esters is 1. The maximum Gasteiger partial charge on any atom is 0.355 e. The van der Waals surface area contributed by atoms with Crippen LogP contribution in [-0.4, -0.2) is 36.2 Å². The molecule has 0 bridgehead atoms. The van der Waals surface area contributed by atoms with Crippen LogP contribution in [0.25, 0.3) is 0 Å². The number of hydrogen-bond acceptors (Lipinski definition) is 5. The number of ether oxygens (including phenoxy) is 2. The second kappa shape index (κ2) is 4.72. The van der Waals surface area contributed by atoms with E-state index in [9.17, 15) is 14.4 Å². The molecule has 0 saturated carbocycles. The number of carbonyl (C=O) groups is 3. The summed E-state index contributed by atoms with van der Waals surface area (Å²) >= 11 is 0. The first-order valence-corrected chi connectivity index (χ1v) is 5.75. The Kier molecular flexibility index (Phi) is 3.25. The van der Waals surface area contributed by atoms with E-state index in [0.29, 0.717) is 5.56 Å². The Bertz CT molecular complexity index is 609. The third-order valence-corrected chi connectivity index (χ3v) is 2.91. The van der Waals surface area contributed by atoms with E-state index >= 15 is 0 Å². The number of methoxy groups -OCH3 is 1. The summed E-state index contributed by atoms with van der Waals surface area (Å²) in [4.78, 5) is 38.3. The van der Waals surface area contributed by atoms with Gasteiger partial charge in [0.1, 0.15) is 5.69 Å². The van der Waals surface area contributed by atoms with Crippen molar-refractivity contribution < 1.29 is 23.9 Å². The number of aromatic nitrogens is 1. The van der Waals surface area contributed by atoms with Crippen molar-refractivity contribution in [3.8, 4) is 0 Å². The summed E-state index contributed by atoms with van der Waals surface area (Å²) in [7, 11) is 1.32. The number of H-pyrrole nitrogens is 1. The van der Waals surface area contributed by atoms with Crippen molar-refractivity contribution in [2.24, 2.45) is 0 Å². The minimum absolute atomic E-state index is 0.0324. The average molecular weight is 263 g/mol. The standard InChI is InChI=1S/C13H13NO5/c1-4-19-13(17)10-6(2)9-11(14-10)7(15)5-8(18-3)12(9)16/h5,14H,4H2,1-3H3. The molecule has 1 aliphatic carbocycles. The van der Waals surface area contributed by atoms with E-state index in [0.717, 1.165) is 6.08 Å². The molecule has 0 fully saturated rings. The molecule has 0 spiro atoms. The molecule has 2 rings (SSSR count). The summed E-state index contributed by atoms with van der Waals surface area (Å²) in [6.07, 6.45) is 1.11. The Balaban J connectivity index is 2.54. The maximum absolute atomic E-state index is 12.1. The molecule has 6 heteroatoms. The molecule has 1 aromatic heterocycles. The fraction of sp³-hybridized carbons (Fsp3) is 0.308. The average Bonchev–Trinajstić information content (AvgIpc) is 2.73. The molecule has 0 aromatic carbocycles. The summed E-state index contributed by atoms with van der Waals surface area (Å²) in [6, 6.07) is 0. The zero-order chi connectivity index (χ0) is 14.2. The number of fused-ring (bicyclic) bond motifs is 1. The van der Waals surface area contributed by atoms with Gasteiger partial charge in [-0.2, -0.15) is 0 Å². The van der Waals surface area contributed by atoms with Gasteiger partial charge in [-0.25, -0.2) is 4.79 Å². The number of hydrogen-bond donors (Lipinski definition) is 1. The van der Waals surface area contributed by atoms with Crippen LogP contribution in [0.4, 0.5) is 0 Å². The maximum atomic E-state index is 12.1. The van der Waals surface area contributed by atoms with Crippen LogP contribution >= 0.6 is 0 Å². The Labute approximate surface area is 109 Å². The lowest BCUT2D eigenvalue weighted by molar-refractivity contribution is 0.0519. The van der Waals surface area contributed by atoms with E-state index in [1.807, 2.05) is 0 Å². The quantitative estimate of drug-likeness (QED) is 0.833. The second-order valence-electron chi connectivity index (χ2n) is 4.00. The number of allylic oxidation sites excluding steroid dienone is 2. The van der Waals surface area contributed by atoms with Crippen molar-refractivity contribution in [3.63, 3.8) is 0 Å². The first-order valence-electron chi connectivity index (χ1n) is 5.75. The molecule has 0 unspecified atom stereocenters. The van der Waals surface area contributed by atoms with E-state index in [2.05, 4.69) is 4.98 Å². The van der Waals surface area contributed by atoms with Crippen LogP contribution in [-0.2, 0) is 9.47 Å².